The molecule has 2 amide bonds. The molecule has 10 heteroatoms. The summed E-state index contributed by atoms with van der Waals surface area (Å²) >= 11 is 0. The molecule has 1 aliphatic carbocycles. The Morgan fingerprint density at radius 3 is 2.47 bits per heavy atom. The Bertz CT molecular complexity index is 963. The SMILES string of the molecule is O=C1OCCN1c1ccc(N2CCC[C@@]3(CCN(C4CCC(O)CC4)C3=O)C2)c(C(F)(F)F)c1. The van der Waals surface area contributed by atoms with Gasteiger partial charge < -0.3 is 19.6 Å². The summed E-state index contributed by atoms with van der Waals surface area (Å²) in [4.78, 5) is 30.2. The van der Waals surface area contributed by atoms with E-state index >= 15 is 0 Å². The lowest BCUT2D eigenvalue weighted by Crippen LogP contribution is -2.50. The van der Waals surface area contributed by atoms with Gasteiger partial charge in [0, 0.05) is 37.1 Å². The molecule has 7 nitrogen and oxygen atoms in total. The largest absolute Gasteiger partial charge is 0.447 e. The lowest BCUT2D eigenvalue weighted by atomic mass is 9.78. The predicted octanol–water partition coefficient (Wildman–Crippen LogP) is 3.78. The van der Waals surface area contributed by atoms with Crippen molar-refractivity contribution in [2.75, 3.05) is 42.6 Å². The maximum Gasteiger partial charge on any atom is 0.418 e. The Morgan fingerprint density at radius 2 is 1.79 bits per heavy atom. The normalized spacial score (nSPS) is 30.4. The number of hydrogen-bond donors (Lipinski definition) is 1. The predicted molar refractivity (Wildman–Crippen MR) is 119 cm³/mol. The van der Waals surface area contributed by atoms with Crippen LogP contribution in [0.15, 0.2) is 18.2 Å². The molecule has 3 saturated heterocycles. The summed E-state index contributed by atoms with van der Waals surface area (Å²) in [6.07, 6.45) is -0.707. The number of benzene rings is 1. The minimum absolute atomic E-state index is 0.0450. The van der Waals surface area contributed by atoms with Crippen molar-refractivity contribution in [3.05, 3.63) is 23.8 Å². The van der Waals surface area contributed by atoms with E-state index in [1.165, 1.54) is 17.0 Å². The van der Waals surface area contributed by atoms with Crippen LogP contribution in [0.1, 0.15) is 50.5 Å². The monoisotopic (exact) mass is 481 g/mol. The summed E-state index contributed by atoms with van der Waals surface area (Å²) in [5, 5.41) is 9.80. The first-order valence-electron chi connectivity index (χ1n) is 12.1. The van der Waals surface area contributed by atoms with Crippen molar-refractivity contribution >= 4 is 23.4 Å². The van der Waals surface area contributed by atoms with Crippen LogP contribution in [0, 0.1) is 5.41 Å². The molecule has 4 aliphatic rings. The highest BCUT2D eigenvalue weighted by Crippen LogP contribution is 2.46. The van der Waals surface area contributed by atoms with E-state index in [0.29, 0.717) is 45.2 Å². The van der Waals surface area contributed by atoms with E-state index in [1.54, 1.807) is 4.90 Å². The Labute approximate surface area is 196 Å². The fourth-order valence-corrected chi connectivity index (χ4v) is 6.10. The smallest absolute Gasteiger partial charge is 0.418 e. The average molecular weight is 482 g/mol. The average Bonchev–Trinajstić information content (AvgIpc) is 3.37. The van der Waals surface area contributed by atoms with Crippen molar-refractivity contribution < 1.29 is 32.6 Å². The zero-order valence-electron chi connectivity index (χ0n) is 19.0. The first-order chi connectivity index (χ1) is 16.2. The van der Waals surface area contributed by atoms with Crippen LogP contribution in [0.4, 0.5) is 29.3 Å². The third-order valence-electron chi connectivity index (χ3n) is 7.93. The van der Waals surface area contributed by atoms with Crippen LogP contribution in [0.25, 0.3) is 0 Å². The number of amides is 2. The summed E-state index contributed by atoms with van der Waals surface area (Å²) in [5.74, 6) is 0.0450. The second kappa shape index (κ2) is 8.62. The number of halogens is 3. The highest BCUT2D eigenvalue weighted by molar-refractivity contribution is 5.90. The molecule has 1 spiro atoms. The molecule has 0 radical (unpaired) electrons. The van der Waals surface area contributed by atoms with Gasteiger partial charge in [0.2, 0.25) is 5.91 Å². The van der Waals surface area contributed by atoms with Crippen LogP contribution in [-0.4, -0.2) is 66.9 Å². The van der Waals surface area contributed by atoms with Crippen LogP contribution < -0.4 is 9.80 Å². The number of cyclic esters (lactones) is 1. The molecule has 34 heavy (non-hydrogen) atoms. The van der Waals surface area contributed by atoms with Crippen molar-refractivity contribution in [1.82, 2.24) is 4.90 Å². The van der Waals surface area contributed by atoms with E-state index in [1.807, 2.05) is 4.90 Å². The Kier molecular flexibility index (Phi) is 5.90. The molecule has 1 aromatic carbocycles. The summed E-state index contributed by atoms with van der Waals surface area (Å²) in [6.45, 7) is 1.68. The maximum absolute atomic E-state index is 14.1. The lowest BCUT2D eigenvalue weighted by molar-refractivity contribution is -0.139. The molecule has 1 atom stereocenters. The number of carbonyl (C=O) groups is 2. The highest BCUT2D eigenvalue weighted by atomic mass is 19.4. The number of aliphatic hydroxyl groups is 1. The van der Waals surface area contributed by atoms with Crippen LogP contribution in [0.2, 0.25) is 0 Å². The standard InChI is InChI=1S/C24H30F3N3O4/c25-24(26,27)19-14-17(30-12-13-34-22(30)33)4-7-20(19)28-10-1-8-23(15-28)9-11-29(21(23)32)16-2-5-18(31)6-3-16/h4,7,14,16,18,31H,1-3,5-6,8-13,15H2/t16?,18?,23-/m1/s1. The van der Waals surface area contributed by atoms with Crippen LogP contribution in [-0.2, 0) is 15.7 Å². The zero-order chi connectivity index (χ0) is 24.1. The van der Waals surface area contributed by atoms with E-state index in [-0.39, 0.29) is 49.1 Å². The number of carbonyl (C=O) groups excluding carboxylic acids is 2. The number of likely N-dealkylation sites (tertiary alicyclic amines) is 1. The van der Waals surface area contributed by atoms with Crippen molar-refractivity contribution in [2.24, 2.45) is 5.41 Å². The highest BCUT2D eigenvalue weighted by Gasteiger charge is 2.51. The fourth-order valence-electron chi connectivity index (χ4n) is 6.10. The minimum atomic E-state index is -4.60. The van der Waals surface area contributed by atoms with Crippen molar-refractivity contribution in [3.8, 4) is 0 Å². The van der Waals surface area contributed by atoms with Crippen LogP contribution in [0.5, 0.6) is 0 Å². The van der Waals surface area contributed by atoms with E-state index in [0.717, 1.165) is 18.9 Å². The number of hydrogen-bond acceptors (Lipinski definition) is 5. The number of piperidine rings is 1. The second-order valence-corrected chi connectivity index (χ2v) is 9.98. The van der Waals surface area contributed by atoms with Gasteiger partial charge in [0.05, 0.1) is 23.6 Å². The number of ether oxygens (including phenoxy) is 1. The quantitative estimate of drug-likeness (QED) is 0.712. The van der Waals surface area contributed by atoms with Gasteiger partial charge in [0.25, 0.3) is 0 Å². The van der Waals surface area contributed by atoms with Gasteiger partial charge in [-0.25, -0.2) is 4.79 Å². The van der Waals surface area contributed by atoms with Gasteiger partial charge in [-0.05, 0) is 63.1 Å². The van der Waals surface area contributed by atoms with Gasteiger partial charge in [0.15, 0.2) is 0 Å². The summed E-state index contributed by atoms with van der Waals surface area (Å²) in [6, 6.07) is 4.06. The van der Waals surface area contributed by atoms with Crippen LogP contribution >= 0.6 is 0 Å². The molecule has 186 valence electrons. The van der Waals surface area contributed by atoms with Gasteiger partial charge in [-0.3, -0.25) is 9.69 Å². The molecule has 0 aromatic heterocycles. The number of anilines is 2. The number of nitrogens with zero attached hydrogens (tertiary/aromatic N) is 3. The van der Waals surface area contributed by atoms with Crippen molar-refractivity contribution in [2.45, 2.75) is 63.3 Å². The third kappa shape index (κ3) is 4.10. The van der Waals surface area contributed by atoms with Crippen molar-refractivity contribution in [3.63, 3.8) is 0 Å². The fraction of sp³-hybridized carbons (Fsp3) is 0.667. The van der Waals surface area contributed by atoms with Gasteiger partial charge in [-0.2, -0.15) is 13.2 Å². The van der Waals surface area contributed by atoms with Gasteiger partial charge in [0.1, 0.15) is 6.61 Å². The first kappa shape index (κ1) is 23.3. The molecule has 0 bridgehead atoms. The third-order valence-corrected chi connectivity index (χ3v) is 7.93. The van der Waals surface area contributed by atoms with Crippen molar-refractivity contribution in [1.29, 1.82) is 0 Å². The van der Waals surface area contributed by atoms with E-state index in [2.05, 4.69) is 0 Å². The molecule has 1 aromatic rings. The molecule has 1 saturated carbocycles. The second-order valence-electron chi connectivity index (χ2n) is 9.98. The number of rotatable bonds is 3. The van der Waals surface area contributed by atoms with E-state index < -0.39 is 23.2 Å². The number of aliphatic hydroxyl groups excluding tert-OH is 1. The Balaban J connectivity index is 1.39. The summed E-state index contributed by atoms with van der Waals surface area (Å²) in [7, 11) is 0. The molecule has 3 heterocycles. The van der Waals surface area contributed by atoms with Gasteiger partial charge in [-0.1, -0.05) is 0 Å². The summed E-state index contributed by atoms with van der Waals surface area (Å²) in [5.41, 5.74) is -1.26. The molecular weight excluding hydrogens is 451 g/mol. The molecule has 4 fully saturated rings. The Morgan fingerprint density at radius 1 is 1.03 bits per heavy atom. The molecule has 1 N–H and O–H groups in total. The zero-order valence-corrected chi connectivity index (χ0v) is 19.0. The molecule has 0 unspecified atom stereocenters. The van der Waals surface area contributed by atoms with Crippen LogP contribution in [0.3, 0.4) is 0 Å². The van der Waals surface area contributed by atoms with E-state index in [4.69, 9.17) is 4.74 Å². The molecule has 5 rings (SSSR count). The molecular formula is C24H30F3N3O4. The van der Waals surface area contributed by atoms with Gasteiger partial charge >= 0.3 is 12.3 Å². The molecule has 3 aliphatic heterocycles. The maximum atomic E-state index is 14.1. The van der Waals surface area contributed by atoms with Gasteiger partial charge in [-0.15, -0.1) is 0 Å². The minimum Gasteiger partial charge on any atom is -0.447 e. The Hall–Kier alpha value is -2.49. The topological polar surface area (TPSA) is 73.3 Å². The lowest BCUT2D eigenvalue weighted by Gasteiger charge is -2.42. The van der Waals surface area contributed by atoms with E-state index in [9.17, 15) is 27.9 Å². The summed E-state index contributed by atoms with van der Waals surface area (Å²) < 4.78 is 47.1. The first-order valence-corrected chi connectivity index (χ1v) is 12.1. The number of alkyl halides is 3.